The number of ether oxygens (including phenoxy) is 1. The lowest BCUT2D eigenvalue weighted by Crippen LogP contribution is -2.36. The lowest BCUT2D eigenvalue weighted by Gasteiger charge is -2.34. The van der Waals surface area contributed by atoms with Gasteiger partial charge in [0.2, 0.25) is 0 Å². The summed E-state index contributed by atoms with van der Waals surface area (Å²) >= 11 is 0. The summed E-state index contributed by atoms with van der Waals surface area (Å²) in [7, 11) is -3.69. The van der Waals surface area contributed by atoms with Gasteiger partial charge in [0.1, 0.15) is 28.6 Å². The van der Waals surface area contributed by atoms with Crippen LogP contribution in [0.5, 0.6) is 11.5 Å². The first-order valence-electron chi connectivity index (χ1n) is 12.0. The number of anilines is 1. The van der Waals surface area contributed by atoms with Gasteiger partial charge in [-0.3, -0.25) is 13.9 Å². The summed E-state index contributed by atoms with van der Waals surface area (Å²) in [6.07, 6.45) is 2.21. The summed E-state index contributed by atoms with van der Waals surface area (Å²) in [5.74, 6) is 0.562. The summed E-state index contributed by atoms with van der Waals surface area (Å²) in [6, 6.07) is 21.5. The third kappa shape index (κ3) is 4.50. The Bertz CT molecular complexity index is 1580. The maximum atomic E-state index is 13.6. The average molecular weight is 519 g/mol. The maximum absolute atomic E-state index is 13.6. The van der Waals surface area contributed by atoms with Crippen LogP contribution in [0.2, 0.25) is 0 Å². The second-order valence-corrected chi connectivity index (χ2v) is 10.9. The highest BCUT2D eigenvalue weighted by atomic mass is 32.3. The molecule has 0 radical (unpaired) electrons. The van der Waals surface area contributed by atoms with Crippen LogP contribution in [0.4, 0.5) is 5.69 Å². The molecule has 1 aliphatic carbocycles. The highest BCUT2D eigenvalue weighted by molar-refractivity contribution is 8.23. The molecule has 4 aromatic rings. The number of pyridine rings is 1. The van der Waals surface area contributed by atoms with Crippen LogP contribution in [0, 0.1) is 5.92 Å². The SMILES string of the molecule is O=c1c(C2=NS(O)(O)c3cc(OCc4ccccc4)ccc3N2)c(O)c2ccccc2n1NCC1CC1. The van der Waals surface area contributed by atoms with E-state index in [0.29, 0.717) is 41.4 Å². The van der Waals surface area contributed by atoms with E-state index < -0.39 is 16.3 Å². The van der Waals surface area contributed by atoms with Crippen molar-refractivity contribution in [3.63, 3.8) is 0 Å². The second-order valence-electron chi connectivity index (χ2n) is 9.20. The number of para-hydroxylation sites is 1. The maximum Gasteiger partial charge on any atom is 0.284 e. The molecule has 37 heavy (non-hydrogen) atoms. The number of nitrogens with zero attached hydrogens (tertiary/aromatic N) is 2. The molecule has 1 aliphatic heterocycles. The molecule has 1 fully saturated rings. The van der Waals surface area contributed by atoms with Gasteiger partial charge in [-0.15, -0.1) is 4.40 Å². The zero-order valence-electron chi connectivity index (χ0n) is 19.8. The fraction of sp³-hybridized carbons (Fsp3) is 0.185. The van der Waals surface area contributed by atoms with Crippen molar-refractivity contribution >= 4 is 33.2 Å². The van der Waals surface area contributed by atoms with E-state index in [1.165, 1.54) is 10.7 Å². The van der Waals surface area contributed by atoms with Crippen LogP contribution >= 0.6 is 10.8 Å². The molecule has 10 heteroatoms. The molecule has 190 valence electrons. The normalized spacial score (nSPS) is 16.9. The van der Waals surface area contributed by atoms with Crippen molar-refractivity contribution < 1.29 is 18.9 Å². The van der Waals surface area contributed by atoms with Crippen LogP contribution in [0.3, 0.4) is 0 Å². The molecule has 1 saturated carbocycles. The first kappa shape index (κ1) is 23.4. The molecule has 9 nitrogen and oxygen atoms in total. The molecule has 0 bridgehead atoms. The number of aromatic nitrogens is 1. The van der Waals surface area contributed by atoms with Crippen LogP contribution in [-0.4, -0.2) is 31.3 Å². The molecule has 2 aliphatic rings. The summed E-state index contributed by atoms with van der Waals surface area (Å²) in [4.78, 5) is 13.7. The van der Waals surface area contributed by atoms with Crippen molar-refractivity contribution in [2.24, 2.45) is 10.3 Å². The van der Waals surface area contributed by atoms with E-state index in [9.17, 15) is 19.0 Å². The van der Waals surface area contributed by atoms with E-state index in [1.807, 2.05) is 30.3 Å². The van der Waals surface area contributed by atoms with E-state index in [4.69, 9.17) is 4.74 Å². The predicted octanol–water partition coefficient (Wildman–Crippen LogP) is 5.14. The minimum Gasteiger partial charge on any atom is -0.506 e. The van der Waals surface area contributed by atoms with Gasteiger partial charge in [0, 0.05) is 18.0 Å². The Kier molecular flexibility index (Phi) is 5.79. The first-order chi connectivity index (χ1) is 17.9. The van der Waals surface area contributed by atoms with E-state index in [2.05, 4.69) is 15.1 Å². The summed E-state index contributed by atoms with van der Waals surface area (Å²) in [5.41, 5.74) is 4.36. The van der Waals surface area contributed by atoms with Crippen molar-refractivity contribution in [3.8, 4) is 11.5 Å². The van der Waals surface area contributed by atoms with E-state index in [0.717, 1.165) is 18.4 Å². The molecule has 0 spiro atoms. The minimum absolute atomic E-state index is 0.110. The van der Waals surface area contributed by atoms with Crippen molar-refractivity contribution in [3.05, 3.63) is 94.3 Å². The zero-order valence-corrected chi connectivity index (χ0v) is 20.6. The number of amidine groups is 1. The third-order valence-electron chi connectivity index (χ3n) is 6.49. The Labute approximate surface area is 214 Å². The molecular weight excluding hydrogens is 492 g/mol. The molecule has 0 saturated heterocycles. The van der Waals surface area contributed by atoms with Crippen molar-refractivity contribution in [1.82, 2.24) is 4.68 Å². The Balaban J connectivity index is 1.37. The molecule has 5 N–H and O–H groups in total. The number of hydrogen-bond acceptors (Lipinski definition) is 8. The highest BCUT2D eigenvalue weighted by Gasteiger charge is 2.31. The van der Waals surface area contributed by atoms with Crippen LogP contribution in [0.15, 0.2) is 86.9 Å². The molecule has 2 heterocycles. The van der Waals surface area contributed by atoms with E-state index in [1.54, 1.807) is 36.4 Å². The Hall–Kier alpha value is -3.99. The highest BCUT2D eigenvalue weighted by Crippen LogP contribution is 2.56. The fourth-order valence-electron chi connectivity index (χ4n) is 4.34. The standard InChI is InChI=1S/C27H26N4O5S/c32-25-20-8-4-5-9-22(20)31(28-15-17-10-11-17)27(33)24(25)26-29-21-13-12-19(14-23(21)37(34,35)30-26)36-16-18-6-2-1-3-7-18/h1-9,12-14,17,28,32,34-35H,10-11,15-16H2,(H,29,30). The largest absolute Gasteiger partial charge is 0.506 e. The predicted molar refractivity (Wildman–Crippen MR) is 145 cm³/mol. The lowest BCUT2D eigenvalue weighted by atomic mass is 10.1. The third-order valence-corrected chi connectivity index (χ3v) is 7.86. The van der Waals surface area contributed by atoms with Crippen LogP contribution in [0.1, 0.15) is 24.0 Å². The Morgan fingerprint density at radius 1 is 1.05 bits per heavy atom. The van der Waals surface area contributed by atoms with Crippen LogP contribution < -0.4 is 21.0 Å². The zero-order chi connectivity index (χ0) is 25.6. The number of hydrogen-bond donors (Lipinski definition) is 5. The van der Waals surface area contributed by atoms with Gasteiger partial charge in [0.25, 0.3) is 5.56 Å². The number of fused-ring (bicyclic) bond motifs is 2. The van der Waals surface area contributed by atoms with Crippen molar-refractivity contribution in [2.75, 3.05) is 17.3 Å². The molecule has 0 atom stereocenters. The van der Waals surface area contributed by atoms with Crippen molar-refractivity contribution in [1.29, 1.82) is 0 Å². The summed E-state index contributed by atoms with van der Waals surface area (Å²) in [5, 5.41) is 14.6. The van der Waals surface area contributed by atoms with Gasteiger partial charge < -0.3 is 20.6 Å². The smallest absolute Gasteiger partial charge is 0.284 e. The van der Waals surface area contributed by atoms with E-state index >= 15 is 0 Å². The summed E-state index contributed by atoms with van der Waals surface area (Å²) in [6.45, 7) is 0.941. The van der Waals surface area contributed by atoms with Gasteiger partial charge in [-0.2, -0.15) is 0 Å². The molecule has 3 aromatic carbocycles. The number of benzene rings is 3. The lowest BCUT2D eigenvalue weighted by molar-refractivity contribution is 0.305. The number of nitrogens with one attached hydrogen (secondary N) is 2. The van der Waals surface area contributed by atoms with Gasteiger partial charge in [0.05, 0.1) is 11.2 Å². The molecule has 1 aromatic heterocycles. The number of rotatable bonds is 7. The van der Waals surface area contributed by atoms with Gasteiger partial charge in [-0.1, -0.05) is 53.2 Å². The quantitative estimate of drug-likeness (QED) is 0.229. The van der Waals surface area contributed by atoms with Crippen molar-refractivity contribution in [2.45, 2.75) is 24.3 Å². The first-order valence-corrected chi connectivity index (χ1v) is 13.5. The average Bonchev–Trinajstić information content (AvgIpc) is 3.72. The molecule has 0 amide bonds. The van der Waals surface area contributed by atoms with E-state index in [-0.39, 0.29) is 22.0 Å². The number of aromatic hydroxyl groups is 1. The van der Waals surface area contributed by atoms with Gasteiger partial charge in [0.15, 0.2) is 5.84 Å². The van der Waals surface area contributed by atoms with Gasteiger partial charge >= 0.3 is 0 Å². The van der Waals surface area contributed by atoms with Gasteiger partial charge in [-0.05, 0) is 48.6 Å². The molecule has 6 rings (SSSR count). The molecular formula is C27H26N4O5S. The minimum atomic E-state index is -3.69. The summed E-state index contributed by atoms with van der Waals surface area (Å²) < 4.78 is 33.3. The van der Waals surface area contributed by atoms with Crippen LogP contribution in [0.25, 0.3) is 10.9 Å². The topological polar surface area (TPSA) is 128 Å². The van der Waals surface area contributed by atoms with Gasteiger partial charge in [-0.25, -0.2) is 4.68 Å². The van der Waals surface area contributed by atoms with Crippen LogP contribution in [-0.2, 0) is 6.61 Å². The molecule has 0 unspecified atom stereocenters. The Morgan fingerprint density at radius 3 is 2.59 bits per heavy atom. The Morgan fingerprint density at radius 2 is 1.81 bits per heavy atom. The fourth-order valence-corrected chi connectivity index (χ4v) is 5.52. The monoisotopic (exact) mass is 518 g/mol. The second kappa shape index (κ2) is 9.15.